The number of hydrogen-bond acceptors (Lipinski definition) is 3. The zero-order valence-corrected chi connectivity index (χ0v) is 13.1. The number of nitrogens with zero attached hydrogens (tertiary/aromatic N) is 3. The van der Waals surface area contributed by atoms with E-state index in [1.807, 2.05) is 21.8 Å². The van der Waals surface area contributed by atoms with Crippen LogP contribution in [0.3, 0.4) is 0 Å². The van der Waals surface area contributed by atoms with E-state index in [1.165, 1.54) is 13.2 Å². The molecular weight excluding hydrogens is 297 g/mol. The van der Waals surface area contributed by atoms with Crippen LogP contribution in [0.1, 0.15) is 18.4 Å². The smallest absolute Gasteiger partial charge is 0.227 e. The first-order valence-electron chi connectivity index (χ1n) is 7.76. The zero-order chi connectivity index (χ0) is 16.2. The molecular formula is C17H20FN3O2. The molecule has 1 aromatic carbocycles. The van der Waals surface area contributed by atoms with Gasteiger partial charge in [0.2, 0.25) is 5.91 Å². The van der Waals surface area contributed by atoms with Crippen molar-refractivity contribution in [2.75, 3.05) is 13.7 Å². The lowest BCUT2D eigenvalue weighted by atomic mass is 10.1. The summed E-state index contributed by atoms with van der Waals surface area (Å²) in [5.41, 5.74) is 0.665. The van der Waals surface area contributed by atoms with Gasteiger partial charge in [0.1, 0.15) is 0 Å². The van der Waals surface area contributed by atoms with Gasteiger partial charge in [-0.3, -0.25) is 9.48 Å². The summed E-state index contributed by atoms with van der Waals surface area (Å²) in [6.45, 7) is 1.46. The van der Waals surface area contributed by atoms with Gasteiger partial charge in [-0.25, -0.2) is 4.39 Å². The molecule has 6 heteroatoms. The van der Waals surface area contributed by atoms with Gasteiger partial charge in [-0.2, -0.15) is 5.10 Å². The number of aromatic nitrogens is 2. The molecule has 1 unspecified atom stereocenters. The monoisotopic (exact) mass is 317 g/mol. The maximum absolute atomic E-state index is 13.7. The number of carbonyl (C=O) groups excluding carboxylic acids is 1. The average molecular weight is 317 g/mol. The van der Waals surface area contributed by atoms with Crippen LogP contribution >= 0.6 is 0 Å². The van der Waals surface area contributed by atoms with Crippen molar-refractivity contribution in [3.8, 4) is 5.75 Å². The lowest BCUT2D eigenvalue weighted by molar-refractivity contribution is -0.131. The molecule has 1 saturated heterocycles. The predicted molar refractivity (Wildman–Crippen MR) is 83.6 cm³/mol. The van der Waals surface area contributed by atoms with Gasteiger partial charge in [0.15, 0.2) is 11.6 Å². The first-order valence-corrected chi connectivity index (χ1v) is 7.76. The molecule has 2 heterocycles. The second-order valence-electron chi connectivity index (χ2n) is 5.76. The summed E-state index contributed by atoms with van der Waals surface area (Å²) in [5, 5.41) is 4.20. The molecule has 1 aliphatic rings. The number of carbonyl (C=O) groups is 1. The number of benzene rings is 1. The Morgan fingerprint density at radius 2 is 2.35 bits per heavy atom. The molecule has 1 aromatic heterocycles. The maximum atomic E-state index is 13.7. The van der Waals surface area contributed by atoms with Crippen LogP contribution < -0.4 is 4.74 Å². The number of likely N-dealkylation sites (tertiary alicyclic amines) is 1. The number of rotatable bonds is 5. The largest absolute Gasteiger partial charge is 0.494 e. The van der Waals surface area contributed by atoms with Crippen molar-refractivity contribution >= 4 is 5.91 Å². The van der Waals surface area contributed by atoms with Gasteiger partial charge >= 0.3 is 0 Å². The number of methoxy groups -OCH3 is 1. The standard InChI is InChI=1S/C17H20FN3O2/c1-23-16-6-5-13(10-15(16)18)11-17(22)21-9-2-4-14(21)12-20-8-3-7-19-20/h3,5-8,10,14H,2,4,9,11-12H2,1H3. The predicted octanol–water partition coefficient (Wildman–Crippen LogP) is 2.26. The average Bonchev–Trinajstić information content (AvgIpc) is 3.19. The molecule has 0 saturated carbocycles. The van der Waals surface area contributed by atoms with Crippen molar-refractivity contribution in [1.82, 2.24) is 14.7 Å². The van der Waals surface area contributed by atoms with Crippen LogP contribution in [0, 0.1) is 5.82 Å². The SMILES string of the molecule is COc1ccc(CC(=O)N2CCCC2Cn2cccn2)cc1F. The third kappa shape index (κ3) is 3.52. The summed E-state index contributed by atoms with van der Waals surface area (Å²) < 4.78 is 20.5. The van der Waals surface area contributed by atoms with E-state index in [1.54, 1.807) is 18.3 Å². The molecule has 0 N–H and O–H groups in total. The minimum atomic E-state index is -0.438. The van der Waals surface area contributed by atoms with Crippen LogP contribution in [0.15, 0.2) is 36.7 Å². The summed E-state index contributed by atoms with van der Waals surface area (Å²) in [6.07, 6.45) is 5.81. The minimum Gasteiger partial charge on any atom is -0.494 e. The molecule has 0 bridgehead atoms. The van der Waals surface area contributed by atoms with E-state index < -0.39 is 5.82 Å². The van der Waals surface area contributed by atoms with Gasteiger partial charge in [-0.15, -0.1) is 0 Å². The topological polar surface area (TPSA) is 47.4 Å². The zero-order valence-electron chi connectivity index (χ0n) is 13.1. The van der Waals surface area contributed by atoms with E-state index >= 15 is 0 Å². The van der Waals surface area contributed by atoms with E-state index in [4.69, 9.17) is 4.74 Å². The Labute approximate surface area is 134 Å². The van der Waals surface area contributed by atoms with Gasteiger partial charge in [-0.05, 0) is 36.6 Å². The first-order chi connectivity index (χ1) is 11.2. The molecule has 1 amide bonds. The van der Waals surface area contributed by atoms with E-state index in [0.717, 1.165) is 19.4 Å². The van der Waals surface area contributed by atoms with E-state index in [-0.39, 0.29) is 24.1 Å². The van der Waals surface area contributed by atoms with E-state index in [9.17, 15) is 9.18 Å². The lowest BCUT2D eigenvalue weighted by Crippen LogP contribution is -2.39. The van der Waals surface area contributed by atoms with Crippen molar-refractivity contribution < 1.29 is 13.9 Å². The van der Waals surface area contributed by atoms with Crippen LogP contribution in [-0.2, 0) is 17.8 Å². The van der Waals surface area contributed by atoms with Crippen LogP contribution in [0.2, 0.25) is 0 Å². The first kappa shape index (κ1) is 15.5. The summed E-state index contributed by atoms with van der Waals surface area (Å²) >= 11 is 0. The van der Waals surface area contributed by atoms with Gasteiger partial charge in [0.25, 0.3) is 0 Å². The number of amides is 1. The van der Waals surface area contributed by atoms with Crippen molar-refractivity contribution in [3.63, 3.8) is 0 Å². The second-order valence-corrected chi connectivity index (χ2v) is 5.76. The summed E-state index contributed by atoms with van der Waals surface area (Å²) in [5.74, 6) is -0.213. The highest BCUT2D eigenvalue weighted by Crippen LogP contribution is 2.22. The Morgan fingerprint density at radius 1 is 1.48 bits per heavy atom. The fourth-order valence-corrected chi connectivity index (χ4v) is 3.07. The van der Waals surface area contributed by atoms with Gasteiger partial charge < -0.3 is 9.64 Å². The van der Waals surface area contributed by atoms with Crippen molar-refractivity contribution in [3.05, 3.63) is 48.0 Å². The van der Waals surface area contributed by atoms with Gasteiger partial charge in [0, 0.05) is 18.9 Å². The molecule has 3 rings (SSSR count). The molecule has 0 aliphatic carbocycles. The fraction of sp³-hybridized carbons (Fsp3) is 0.412. The number of hydrogen-bond donors (Lipinski definition) is 0. The third-order valence-electron chi connectivity index (χ3n) is 4.23. The van der Waals surface area contributed by atoms with Crippen molar-refractivity contribution in [2.24, 2.45) is 0 Å². The molecule has 1 aliphatic heterocycles. The Hall–Kier alpha value is -2.37. The van der Waals surface area contributed by atoms with E-state index in [0.29, 0.717) is 12.1 Å². The number of ether oxygens (including phenoxy) is 1. The quantitative estimate of drug-likeness (QED) is 0.850. The Kier molecular flexibility index (Phi) is 4.60. The van der Waals surface area contributed by atoms with Crippen molar-refractivity contribution in [2.45, 2.75) is 31.8 Å². The summed E-state index contributed by atoms with van der Waals surface area (Å²) in [4.78, 5) is 14.5. The Morgan fingerprint density at radius 3 is 3.04 bits per heavy atom. The summed E-state index contributed by atoms with van der Waals surface area (Å²) in [6, 6.07) is 6.70. The second kappa shape index (κ2) is 6.81. The molecule has 1 atom stereocenters. The minimum absolute atomic E-state index is 0.0317. The fourth-order valence-electron chi connectivity index (χ4n) is 3.07. The molecule has 1 fully saturated rings. The normalized spacial score (nSPS) is 17.5. The molecule has 23 heavy (non-hydrogen) atoms. The Bertz CT molecular complexity index is 672. The molecule has 2 aromatic rings. The molecule has 122 valence electrons. The summed E-state index contributed by atoms with van der Waals surface area (Å²) in [7, 11) is 1.42. The molecule has 0 spiro atoms. The third-order valence-corrected chi connectivity index (χ3v) is 4.23. The highest BCUT2D eigenvalue weighted by molar-refractivity contribution is 5.79. The van der Waals surface area contributed by atoms with Crippen LogP contribution in [0.5, 0.6) is 5.75 Å². The lowest BCUT2D eigenvalue weighted by Gasteiger charge is -2.25. The van der Waals surface area contributed by atoms with Crippen LogP contribution in [0.25, 0.3) is 0 Å². The van der Waals surface area contributed by atoms with Crippen LogP contribution in [0.4, 0.5) is 4.39 Å². The highest BCUT2D eigenvalue weighted by atomic mass is 19.1. The highest BCUT2D eigenvalue weighted by Gasteiger charge is 2.29. The maximum Gasteiger partial charge on any atom is 0.227 e. The van der Waals surface area contributed by atoms with Gasteiger partial charge in [-0.1, -0.05) is 6.07 Å². The Balaban J connectivity index is 1.66. The van der Waals surface area contributed by atoms with E-state index in [2.05, 4.69) is 5.10 Å². The molecule has 5 nitrogen and oxygen atoms in total. The number of halogens is 1. The van der Waals surface area contributed by atoms with Crippen LogP contribution in [-0.4, -0.2) is 40.3 Å². The van der Waals surface area contributed by atoms with Gasteiger partial charge in [0.05, 0.1) is 26.1 Å². The molecule has 0 radical (unpaired) electrons. The van der Waals surface area contributed by atoms with Crippen molar-refractivity contribution in [1.29, 1.82) is 0 Å².